The smallest absolute Gasteiger partial charge is 0.311 e. The quantitative estimate of drug-likeness (QED) is 0.242. The molecule has 2 aliphatic carbocycles. The van der Waals surface area contributed by atoms with Gasteiger partial charge in [0.25, 0.3) is 0 Å². The second-order valence-corrected chi connectivity index (χ2v) is 9.94. The Hall–Kier alpha value is -2.01. The summed E-state index contributed by atoms with van der Waals surface area (Å²) in [5.74, 6) is -2.33. The lowest BCUT2D eigenvalue weighted by Gasteiger charge is -2.58. The highest BCUT2D eigenvalue weighted by Crippen LogP contribution is 2.72. The maximum Gasteiger partial charge on any atom is 0.311 e. The second kappa shape index (κ2) is 8.04. The summed E-state index contributed by atoms with van der Waals surface area (Å²) in [5.41, 5.74) is -2.24. The van der Waals surface area contributed by atoms with Crippen LogP contribution in [0.3, 0.4) is 0 Å². The number of ether oxygens (including phenoxy) is 5. The van der Waals surface area contributed by atoms with Gasteiger partial charge in [0.1, 0.15) is 36.6 Å². The normalized spacial score (nSPS) is 43.8. The lowest BCUT2D eigenvalue weighted by Crippen LogP contribution is -2.68. The van der Waals surface area contributed by atoms with E-state index in [2.05, 4.69) is 0 Å². The zero-order valence-corrected chi connectivity index (χ0v) is 19.5. The molecule has 4 rings (SSSR count). The van der Waals surface area contributed by atoms with E-state index < -0.39 is 70.8 Å². The summed E-state index contributed by atoms with van der Waals surface area (Å²) < 4.78 is 29.2. The van der Waals surface area contributed by atoms with E-state index in [9.17, 15) is 24.6 Å². The lowest BCUT2D eigenvalue weighted by atomic mass is 9.51. The highest BCUT2D eigenvalue weighted by molar-refractivity contribution is 5.72. The van der Waals surface area contributed by atoms with Crippen molar-refractivity contribution in [1.29, 1.82) is 0 Å². The Kier molecular flexibility index (Phi) is 5.88. The standard InChI is InChI=1S/C23H32O10/c1-11-6-16-22(9-29-13(3)25,7-15(11)32-20(28)12(2)8-24)21(5)18(31-14(4)26)17(27)19(33-16)23(21)10-30-23/h6,12,15-19,24,27H,7-10H2,1-5H3. The minimum absolute atomic E-state index is 0.112. The van der Waals surface area contributed by atoms with Crippen molar-refractivity contribution in [2.45, 2.75) is 77.2 Å². The van der Waals surface area contributed by atoms with E-state index >= 15 is 0 Å². The van der Waals surface area contributed by atoms with Crippen molar-refractivity contribution in [1.82, 2.24) is 0 Å². The van der Waals surface area contributed by atoms with Gasteiger partial charge in [0.05, 0.1) is 36.1 Å². The second-order valence-electron chi connectivity index (χ2n) is 9.94. The largest absolute Gasteiger partial charge is 0.465 e. The summed E-state index contributed by atoms with van der Waals surface area (Å²) >= 11 is 0. The minimum atomic E-state index is -1.15. The molecular formula is C23H32O10. The van der Waals surface area contributed by atoms with Crippen LogP contribution in [0.15, 0.2) is 11.6 Å². The summed E-state index contributed by atoms with van der Waals surface area (Å²) in [6.45, 7) is 7.61. The number of epoxide rings is 1. The van der Waals surface area contributed by atoms with Crippen LogP contribution >= 0.6 is 0 Å². The number of fused-ring (bicyclic) bond motifs is 2. The molecule has 1 spiro atoms. The molecule has 10 nitrogen and oxygen atoms in total. The van der Waals surface area contributed by atoms with Crippen molar-refractivity contribution < 1.29 is 48.3 Å². The fourth-order valence-corrected chi connectivity index (χ4v) is 6.05. The molecule has 33 heavy (non-hydrogen) atoms. The number of carbonyl (C=O) groups excluding carboxylic acids is 3. The van der Waals surface area contributed by atoms with Crippen LogP contribution in [0.4, 0.5) is 0 Å². The zero-order valence-electron chi connectivity index (χ0n) is 19.5. The van der Waals surface area contributed by atoms with Gasteiger partial charge in [-0.25, -0.2) is 0 Å². The Balaban J connectivity index is 1.81. The summed E-state index contributed by atoms with van der Waals surface area (Å²) in [4.78, 5) is 36.4. The zero-order chi connectivity index (χ0) is 24.3. The summed E-state index contributed by atoms with van der Waals surface area (Å²) in [6, 6.07) is 0. The molecule has 2 saturated heterocycles. The molecule has 2 heterocycles. The van der Waals surface area contributed by atoms with Crippen molar-refractivity contribution in [3.63, 3.8) is 0 Å². The molecule has 9 unspecified atom stereocenters. The van der Waals surface area contributed by atoms with Crippen LogP contribution in [0, 0.1) is 16.7 Å². The van der Waals surface area contributed by atoms with Crippen molar-refractivity contribution >= 4 is 17.9 Å². The third-order valence-corrected chi connectivity index (χ3v) is 8.09. The van der Waals surface area contributed by atoms with Gasteiger partial charge in [-0.15, -0.1) is 0 Å². The molecular weight excluding hydrogens is 436 g/mol. The number of rotatable bonds is 6. The number of carbonyl (C=O) groups is 3. The molecule has 0 aromatic rings. The molecule has 0 aromatic carbocycles. The molecule has 1 saturated carbocycles. The molecule has 2 aliphatic heterocycles. The Morgan fingerprint density at radius 1 is 1.24 bits per heavy atom. The van der Waals surface area contributed by atoms with Crippen LogP contribution in [0.5, 0.6) is 0 Å². The monoisotopic (exact) mass is 468 g/mol. The van der Waals surface area contributed by atoms with Gasteiger partial charge in [-0.3, -0.25) is 14.4 Å². The first kappa shape index (κ1) is 24.1. The SMILES string of the molecule is CC(=O)OCC12CC(OC(=O)C(C)CO)C(C)=CC1OC1C(O)C(OC(C)=O)C2(C)C12CO2. The van der Waals surface area contributed by atoms with E-state index in [0.717, 1.165) is 5.57 Å². The number of aliphatic hydroxyl groups excluding tert-OH is 2. The highest BCUT2D eigenvalue weighted by Gasteiger charge is 2.86. The topological polar surface area (TPSA) is 141 Å². The van der Waals surface area contributed by atoms with E-state index in [4.69, 9.17) is 23.7 Å². The summed E-state index contributed by atoms with van der Waals surface area (Å²) in [5, 5.41) is 20.5. The number of hydrogen-bond acceptors (Lipinski definition) is 10. The van der Waals surface area contributed by atoms with Gasteiger partial charge in [-0.2, -0.15) is 0 Å². The number of esters is 3. The van der Waals surface area contributed by atoms with Gasteiger partial charge in [-0.05, 0) is 19.4 Å². The van der Waals surface area contributed by atoms with Gasteiger partial charge < -0.3 is 33.9 Å². The first-order valence-corrected chi connectivity index (χ1v) is 11.2. The fraction of sp³-hybridized carbons (Fsp3) is 0.783. The minimum Gasteiger partial charge on any atom is -0.465 e. The van der Waals surface area contributed by atoms with E-state index in [1.807, 2.05) is 19.9 Å². The summed E-state index contributed by atoms with van der Waals surface area (Å²) in [7, 11) is 0. The first-order chi connectivity index (χ1) is 15.4. The van der Waals surface area contributed by atoms with Crippen molar-refractivity contribution in [2.75, 3.05) is 19.8 Å². The Labute approximate surface area is 192 Å². The van der Waals surface area contributed by atoms with Crippen LogP contribution in [-0.4, -0.2) is 84.1 Å². The van der Waals surface area contributed by atoms with Crippen LogP contribution in [-0.2, 0) is 38.1 Å². The molecule has 2 bridgehead atoms. The average Bonchev–Trinajstić information content (AvgIpc) is 3.53. The fourth-order valence-electron chi connectivity index (χ4n) is 6.05. The molecule has 2 N–H and O–H groups in total. The number of aliphatic hydroxyl groups is 2. The number of hydrogen-bond donors (Lipinski definition) is 2. The van der Waals surface area contributed by atoms with Gasteiger partial charge in [-0.1, -0.05) is 13.0 Å². The molecule has 0 aromatic heterocycles. The van der Waals surface area contributed by atoms with E-state index in [-0.39, 0.29) is 26.2 Å². The van der Waals surface area contributed by atoms with Gasteiger partial charge >= 0.3 is 17.9 Å². The van der Waals surface area contributed by atoms with Crippen LogP contribution in [0.25, 0.3) is 0 Å². The van der Waals surface area contributed by atoms with Crippen molar-refractivity contribution in [3.05, 3.63) is 11.6 Å². The van der Waals surface area contributed by atoms with E-state index in [1.165, 1.54) is 13.8 Å². The van der Waals surface area contributed by atoms with E-state index in [0.29, 0.717) is 0 Å². The molecule has 0 amide bonds. The third-order valence-electron chi connectivity index (χ3n) is 8.09. The molecule has 3 fully saturated rings. The average molecular weight is 468 g/mol. The summed E-state index contributed by atoms with van der Waals surface area (Å²) in [6.07, 6.45) is -2.16. The Morgan fingerprint density at radius 2 is 1.91 bits per heavy atom. The predicted molar refractivity (Wildman–Crippen MR) is 111 cm³/mol. The molecule has 0 radical (unpaired) electrons. The Morgan fingerprint density at radius 3 is 2.45 bits per heavy atom. The van der Waals surface area contributed by atoms with Crippen molar-refractivity contribution in [3.8, 4) is 0 Å². The maximum atomic E-state index is 12.5. The maximum absolute atomic E-state index is 12.5. The van der Waals surface area contributed by atoms with Gasteiger partial charge in [0.15, 0.2) is 0 Å². The van der Waals surface area contributed by atoms with Crippen LogP contribution < -0.4 is 0 Å². The molecule has 9 atom stereocenters. The van der Waals surface area contributed by atoms with Crippen molar-refractivity contribution in [2.24, 2.45) is 16.7 Å². The van der Waals surface area contributed by atoms with Crippen LogP contribution in [0.1, 0.15) is 41.0 Å². The Bertz CT molecular complexity index is 878. The molecule has 184 valence electrons. The van der Waals surface area contributed by atoms with Gasteiger partial charge in [0.2, 0.25) is 0 Å². The molecule has 4 aliphatic rings. The van der Waals surface area contributed by atoms with Gasteiger partial charge in [0, 0.05) is 20.3 Å². The first-order valence-electron chi connectivity index (χ1n) is 11.2. The predicted octanol–water partition coefficient (Wildman–Crippen LogP) is 0.275. The highest BCUT2D eigenvalue weighted by atomic mass is 16.7. The third kappa shape index (κ3) is 3.33. The lowest BCUT2D eigenvalue weighted by molar-refractivity contribution is -0.241. The van der Waals surface area contributed by atoms with Crippen LogP contribution in [0.2, 0.25) is 0 Å². The van der Waals surface area contributed by atoms with E-state index in [1.54, 1.807) is 6.92 Å². The molecule has 10 heteroatoms.